The monoisotopic (exact) mass is 349 g/mol. The van der Waals surface area contributed by atoms with Crippen LogP contribution in [0.5, 0.6) is 0 Å². The highest BCUT2D eigenvalue weighted by Crippen LogP contribution is 2.28. The molecule has 3 aromatic rings. The van der Waals surface area contributed by atoms with Gasteiger partial charge in [0.1, 0.15) is 5.56 Å². The van der Waals surface area contributed by atoms with Gasteiger partial charge in [0.05, 0.1) is 6.20 Å². The standard InChI is InChI=1S/C20H23N5O/c21-19(26)17-14-23-25-18(6-10-22-20(17)25)16-8-12-24(13-9-16)11-7-15-4-2-1-3-5-15/h1-6,10,14,16H,7-9,11-13H2,(H2,21,26). The van der Waals surface area contributed by atoms with Crippen molar-refractivity contribution in [2.75, 3.05) is 19.6 Å². The summed E-state index contributed by atoms with van der Waals surface area (Å²) < 4.78 is 1.78. The van der Waals surface area contributed by atoms with Crippen LogP contribution in [0, 0.1) is 0 Å². The molecule has 1 fully saturated rings. The lowest BCUT2D eigenvalue weighted by molar-refractivity contribution is 0.100. The predicted molar refractivity (Wildman–Crippen MR) is 100 cm³/mol. The molecule has 0 aliphatic carbocycles. The van der Waals surface area contributed by atoms with Crippen LogP contribution in [0.25, 0.3) is 5.65 Å². The van der Waals surface area contributed by atoms with Gasteiger partial charge in [-0.1, -0.05) is 30.3 Å². The first-order valence-electron chi connectivity index (χ1n) is 9.11. The number of amides is 1. The maximum Gasteiger partial charge on any atom is 0.254 e. The van der Waals surface area contributed by atoms with E-state index in [1.807, 2.05) is 6.07 Å². The van der Waals surface area contributed by atoms with Crippen molar-refractivity contribution in [1.29, 1.82) is 0 Å². The Morgan fingerprint density at radius 2 is 1.92 bits per heavy atom. The predicted octanol–water partition coefficient (Wildman–Crippen LogP) is 2.25. The third-order valence-electron chi connectivity index (χ3n) is 5.26. The number of rotatable bonds is 5. The second kappa shape index (κ2) is 7.25. The molecule has 0 atom stereocenters. The lowest BCUT2D eigenvalue weighted by Gasteiger charge is -2.32. The number of hydrogen-bond donors (Lipinski definition) is 1. The van der Waals surface area contributed by atoms with Crippen LogP contribution in [0.2, 0.25) is 0 Å². The lowest BCUT2D eigenvalue weighted by Crippen LogP contribution is -2.35. The smallest absolute Gasteiger partial charge is 0.254 e. The Bertz CT molecular complexity index is 897. The Hall–Kier alpha value is -2.73. The molecule has 0 spiro atoms. The average Bonchev–Trinajstić information content (AvgIpc) is 3.12. The molecule has 6 heteroatoms. The van der Waals surface area contributed by atoms with E-state index in [0.717, 1.165) is 44.6 Å². The van der Waals surface area contributed by atoms with E-state index < -0.39 is 5.91 Å². The highest BCUT2D eigenvalue weighted by Gasteiger charge is 2.24. The summed E-state index contributed by atoms with van der Waals surface area (Å²) in [6.45, 7) is 3.24. The molecule has 4 rings (SSSR count). The molecule has 1 aliphatic heterocycles. The summed E-state index contributed by atoms with van der Waals surface area (Å²) in [6, 6.07) is 12.6. The van der Waals surface area contributed by atoms with Crippen molar-refractivity contribution < 1.29 is 4.79 Å². The lowest BCUT2D eigenvalue weighted by atomic mass is 9.93. The van der Waals surface area contributed by atoms with Gasteiger partial charge >= 0.3 is 0 Å². The fraction of sp³-hybridized carbons (Fsp3) is 0.350. The van der Waals surface area contributed by atoms with Gasteiger partial charge in [0.25, 0.3) is 5.91 Å². The third kappa shape index (κ3) is 3.32. The van der Waals surface area contributed by atoms with Crippen molar-refractivity contribution in [2.45, 2.75) is 25.2 Å². The number of carbonyl (C=O) groups is 1. The quantitative estimate of drug-likeness (QED) is 0.766. The molecule has 2 N–H and O–H groups in total. The summed E-state index contributed by atoms with van der Waals surface area (Å²) in [5, 5.41) is 4.35. The largest absolute Gasteiger partial charge is 0.365 e. The Morgan fingerprint density at radius 3 is 2.65 bits per heavy atom. The zero-order chi connectivity index (χ0) is 17.9. The molecule has 0 bridgehead atoms. The number of primary amides is 1. The Balaban J connectivity index is 1.42. The third-order valence-corrected chi connectivity index (χ3v) is 5.26. The molecule has 2 aromatic heterocycles. The van der Waals surface area contributed by atoms with Crippen LogP contribution in [0.1, 0.15) is 40.4 Å². The molecule has 0 radical (unpaired) electrons. The van der Waals surface area contributed by atoms with Crippen molar-refractivity contribution >= 4 is 11.6 Å². The van der Waals surface area contributed by atoms with Gasteiger partial charge in [-0.3, -0.25) is 4.79 Å². The fourth-order valence-electron chi connectivity index (χ4n) is 3.78. The van der Waals surface area contributed by atoms with Gasteiger partial charge in [-0.05, 0) is 44.0 Å². The van der Waals surface area contributed by atoms with Crippen molar-refractivity contribution in [2.24, 2.45) is 5.73 Å². The van der Waals surface area contributed by atoms with E-state index in [4.69, 9.17) is 5.73 Å². The van der Waals surface area contributed by atoms with Crippen LogP contribution < -0.4 is 5.73 Å². The maximum atomic E-state index is 11.5. The van der Waals surface area contributed by atoms with Crippen LogP contribution in [-0.4, -0.2) is 45.0 Å². The van der Waals surface area contributed by atoms with E-state index in [1.165, 1.54) is 11.8 Å². The molecular weight excluding hydrogens is 326 g/mol. The van der Waals surface area contributed by atoms with Crippen molar-refractivity contribution in [3.63, 3.8) is 0 Å². The van der Waals surface area contributed by atoms with E-state index in [0.29, 0.717) is 17.1 Å². The summed E-state index contributed by atoms with van der Waals surface area (Å²) in [5.41, 5.74) is 8.86. The second-order valence-corrected chi connectivity index (χ2v) is 6.88. The number of benzene rings is 1. The van der Waals surface area contributed by atoms with Crippen LogP contribution in [0.4, 0.5) is 0 Å². The molecule has 6 nitrogen and oxygen atoms in total. The topological polar surface area (TPSA) is 76.5 Å². The molecule has 1 amide bonds. The Labute approximate surface area is 152 Å². The van der Waals surface area contributed by atoms with Gasteiger partial charge < -0.3 is 10.6 Å². The first-order valence-corrected chi connectivity index (χ1v) is 9.11. The first-order chi connectivity index (χ1) is 12.7. The van der Waals surface area contributed by atoms with E-state index in [-0.39, 0.29) is 0 Å². The minimum absolute atomic E-state index is 0.382. The zero-order valence-corrected chi connectivity index (χ0v) is 14.7. The number of likely N-dealkylation sites (tertiary alicyclic amines) is 1. The maximum absolute atomic E-state index is 11.5. The Morgan fingerprint density at radius 1 is 1.15 bits per heavy atom. The zero-order valence-electron chi connectivity index (χ0n) is 14.7. The molecule has 3 heterocycles. The van der Waals surface area contributed by atoms with E-state index >= 15 is 0 Å². The van der Waals surface area contributed by atoms with Crippen molar-refractivity contribution in [3.8, 4) is 0 Å². The van der Waals surface area contributed by atoms with Crippen LogP contribution >= 0.6 is 0 Å². The number of fused-ring (bicyclic) bond motifs is 1. The number of nitrogens with two attached hydrogens (primary N) is 1. The Kier molecular flexibility index (Phi) is 4.67. The molecule has 1 aliphatic rings. The normalized spacial score (nSPS) is 16.2. The molecule has 1 aromatic carbocycles. The first kappa shape index (κ1) is 16.7. The van der Waals surface area contributed by atoms with Gasteiger partial charge in [-0.15, -0.1) is 0 Å². The van der Waals surface area contributed by atoms with Gasteiger partial charge in [0.15, 0.2) is 5.65 Å². The van der Waals surface area contributed by atoms with Crippen molar-refractivity contribution in [3.05, 3.63) is 65.6 Å². The second-order valence-electron chi connectivity index (χ2n) is 6.88. The van der Waals surface area contributed by atoms with Crippen molar-refractivity contribution in [1.82, 2.24) is 19.5 Å². The van der Waals surface area contributed by atoms with E-state index in [9.17, 15) is 4.79 Å². The van der Waals surface area contributed by atoms with E-state index in [2.05, 4.69) is 45.3 Å². The molecule has 134 valence electrons. The van der Waals surface area contributed by atoms with Crippen LogP contribution in [-0.2, 0) is 6.42 Å². The van der Waals surface area contributed by atoms with Crippen LogP contribution in [0.15, 0.2) is 48.8 Å². The number of aromatic nitrogens is 3. The highest BCUT2D eigenvalue weighted by molar-refractivity contribution is 5.98. The van der Waals surface area contributed by atoms with Gasteiger partial charge in [-0.25, -0.2) is 9.50 Å². The number of hydrogen-bond acceptors (Lipinski definition) is 4. The molecule has 1 saturated heterocycles. The summed E-state index contributed by atoms with van der Waals surface area (Å²) in [4.78, 5) is 18.3. The number of piperidine rings is 1. The van der Waals surface area contributed by atoms with E-state index in [1.54, 1.807) is 10.7 Å². The van der Waals surface area contributed by atoms with Gasteiger partial charge in [0, 0.05) is 24.4 Å². The molecular formula is C20H23N5O. The minimum atomic E-state index is -0.486. The summed E-state index contributed by atoms with van der Waals surface area (Å²) in [7, 11) is 0. The molecule has 0 saturated carbocycles. The molecule has 26 heavy (non-hydrogen) atoms. The van der Waals surface area contributed by atoms with Gasteiger partial charge in [0.2, 0.25) is 0 Å². The SMILES string of the molecule is NC(=O)c1cnn2c(C3CCN(CCc4ccccc4)CC3)ccnc12. The molecule has 0 unspecified atom stereocenters. The highest BCUT2D eigenvalue weighted by atomic mass is 16.1. The van der Waals surface area contributed by atoms with Gasteiger partial charge in [-0.2, -0.15) is 5.10 Å². The average molecular weight is 349 g/mol. The minimum Gasteiger partial charge on any atom is -0.365 e. The van der Waals surface area contributed by atoms with Crippen LogP contribution in [0.3, 0.4) is 0 Å². The summed E-state index contributed by atoms with van der Waals surface area (Å²) in [5.74, 6) is -0.0607. The summed E-state index contributed by atoms with van der Waals surface area (Å²) in [6.07, 6.45) is 6.52. The number of carbonyl (C=O) groups excluding carboxylic acids is 1. The number of nitrogens with zero attached hydrogens (tertiary/aromatic N) is 4. The summed E-state index contributed by atoms with van der Waals surface area (Å²) >= 11 is 0. The fourth-order valence-corrected chi connectivity index (χ4v) is 3.78.